The van der Waals surface area contributed by atoms with Crippen LogP contribution in [0, 0.1) is 5.82 Å². The lowest BCUT2D eigenvalue weighted by Gasteiger charge is -2.38. The third kappa shape index (κ3) is 4.69. The fraction of sp³-hybridized carbons (Fsp3) is 0.323. The first-order valence-corrected chi connectivity index (χ1v) is 14.1. The van der Waals surface area contributed by atoms with Crippen LogP contribution < -0.4 is 15.4 Å². The predicted octanol–water partition coefficient (Wildman–Crippen LogP) is 3.39. The van der Waals surface area contributed by atoms with E-state index in [0.717, 1.165) is 38.8 Å². The first-order valence-electron chi connectivity index (χ1n) is 14.1. The average Bonchev–Trinajstić information content (AvgIpc) is 3.53. The number of hydrogen-bond donors (Lipinski definition) is 2. The number of H-pyrrole nitrogens is 1. The van der Waals surface area contributed by atoms with E-state index in [2.05, 4.69) is 16.0 Å². The number of nitrogens with zero attached hydrogens (tertiary/aromatic N) is 5. The van der Waals surface area contributed by atoms with Gasteiger partial charge >= 0.3 is 0 Å². The Kier molecular flexibility index (Phi) is 6.85. The number of morpholine rings is 2. The Morgan fingerprint density at radius 3 is 2.76 bits per heavy atom. The molecule has 216 valence electrons. The maximum Gasteiger partial charge on any atom is 0.274 e. The summed E-state index contributed by atoms with van der Waals surface area (Å²) < 4.78 is 27.0. The third-order valence-electron chi connectivity index (χ3n) is 8.15. The molecule has 2 unspecified atom stereocenters. The van der Waals surface area contributed by atoms with Gasteiger partial charge in [0.05, 0.1) is 44.1 Å². The number of fused-ring (bicyclic) bond motifs is 2. The molecule has 11 heteroatoms. The van der Waals surface area contributed by atoms with Gasteiger partial charge in [0.25, 0.3) is 5.56 Å². The van der Waals surface area contributed by atoms with Gasteiger partial charge < -0.3 is 33.9 Å². The van der Waals surface area contributed by atoms with Crippen molar-refractivity contribution < 1.29 is 19.0 Å². The molecule has 2 aliphatic rings. The van der Waals surface area contributed by atoms with Gasteiger partial charge in [0.2, 0.25) is 5.95 Å². The maximum atomic E-state index is 13.8. The van der Waals surface area contributed by atoms with Gasteiger partial charge in [-0.25, -0.2) is 9.37 Å². The Bertz CT molecular complexity index is 1820. The number of rotatable bonds is 5. The van der Waals surface area contributed by atoms with Gasteiger partial charge in [0.1, 0.15) is 17.2 Å². The SMILES string of the molecule is Cn1cc(-c2ccc3nc(N4CCOC(CO)C4)nc(N4CCOCC4c4ccc(F)cc4)c3c2)c2cc[nH]c2c1=O. The number of nitrogens with one attached hydrogen (secondary N) is 1. The summed E-state index contributed by atoms with van der Waals surface area (Å²) in [5.74, 6) is 1.02. The molecule has 0 spiro atoms. The number of aliphatic hydroxyl groups excluding tert-OH is 1. The van der Waals surface area contributed by atoms with Crippen LogP contribution in [0.15, 0.2) is 65.7 Å². The van der Waals surface area contributed by atoms with E-state index < -0.39 is 0 Å². The Morgan fingerprint density at radius 2 is 1.93 bits per heavy atom. The van der Waals surface area contributed by atoms with Gasteiger partial charge in [-0.1, -0.05) is 18.2 Å². The molecule has 5 heterocycles. The zero-order valence-electron chi connectivity index (χ0n) is 23.2. The quantitative estimate of drug-likeness (QED) is 0.331. The van der Waals surface area contributed by atoms with Crippen molar-refractivity contribution in [3.8, 4) is 11.1 Å². The number of benzene rings is 2. The molecule has 2 fully saturated rings. The fourth-order valence-electron chi connectivity index (χ4n) is 5.96. The van der Waals surface area contributed by atoms with Gasteiger partial charge in [0, 0.05) is 55.4 Å². The molecular weight excluding hydrogens is 539 g/mol. The minimum Gasteiger partial charge on any atom is -0.394 e. The van der Waals surface area contributed by atoms with E-state index >= 15 is 0 Å². The fourth-order valence-corrected chi connectivity index (χ4v) is 5.96. The highest BCUT2D eigenvalue weighted by molar-refractivity contribution is 5.99. The highest BCUT2D eigenvalue weighted by Crippen LogP contribution is 2.37. The summed E-state index contributed by atoms with van der Waals surface area (Å²) in [6.45, 7) is 3.01. The molecule has 42 heavy (non-hydrogen) atoms. The lowest BCUT2D eigenvalue weighted by Crippen LogP contribution is -2.45. The first-order chi connectivity index (χ1) is 20.5. The summed E-state index contributed by atoms with van der Waals surface area (Å²) in [6, 6.07) is 14.3. The minimum atomic E-state index is -0.312. The molecule has 2 atom stereocenters. The van der Waals surface area contributed by atoms with Gasteiger partial charge in [-0.2, -0.15) is 4.98 Å². The third-order valence-corrected chi connectivity index (χ3v) is 8.15. The number of halogens is 1. The van der Waals surface area contributed by atoms with Crippen molar-refractivity contribution in [1.29, 1.82) is 0 Å². The molecule has 3 aromatic heterocycles. The predicted molar refractivity (Wildman–Crippen MR) is 158 cm³/mol. The normalized spacial score (nSPS) is 19.6. The van der Waals surface area contributed by atoms with Gasteiger partial charge in [-0.15, -0.1) is 0 Å². The number of hydrogen-bond acceptors (Lipinski definition) is 8. The topological polar surface area (TPSA) is 109 Å². The van der Waals surface area contributed by atoms with Crippen LogP contribution in [0.5, 0.6) is 0 Å². The van der Waals surface area contributed by atoms with Crippen LogP contribution in [0.2, 0.25) is 0 Å². The lowest BCUT2D eigenvalue weighted by atomic mass is 10.0. The van der Waals surface area contributed by atoms with Crippen LogP contribution in [0.1, 0.15) is 11.6 Å². The second-order valence-electron chi connectivity index (χ2n) is 10.8. The molecule has 5 aromatic rings. The molecular formula is C31H31FN6O4. The molecule has 0 bridgehead atoms. The number of aryl methyl sites for hydroxylation is 1. The van der Waals surface area contributed by atoms with E-state index in [0.29, 0.717) is 50.9 Å². The van der Waals surface area contributed by atoms with Gasteiger partial charge in [0.15, 0.2) is 0 Å². The first kappa shape index (κ1) is 26.6. The van der Waals surface area contributed by atoms with E-state index in [1.807, 2.05) is 29.3 Å². The van der Waals surface area contributed by atoms with Crippen molar-refractivity contribution >= 4 is 33.6 Å². The van der Waals surface area contributed by atoms with E-state index in [1.165, 1.54) is 12.1 Å². The number of pyridine rings is 1. The molecule has 7 rings (SSSR count). The average molecular weight is 571 g/mol. The van der Waals surface area contributed by atoms with Crippen molar-refractivity contribution in [2.45, 2.75) is 12.1 Å². The number of ether oxygens (including phenoxy) is 2. The zero-order valence-corrected chi connectivity index (χ0v) is 23.2. The van der Waals surface area contributed by atoms with Crippen molar-refractivity contribution in [2.24, 2.45) is 7.05 Å². The molecule has 2 aromatic carbocycles. The van der Waals surface area contributed by atoms with E-state index in [-0.39, 0.29) is 30.1 Å². The standard InChI is InChI=1S/C31H31FN6O4/c1-36-16-25(23-8-9-33-28(23)30(36)40)20-4-7-26-24(14-20)29(35-31(34-26)37-10-13-42-22(15-37)17-39)38-11-12-41-18-27(38)19-2-5-21(32)6-3-19/h2-9,14,16,22,27,33,39H,10-13,15,17-18H2,1H3. The van der Waals surface area contributed by atoms with Crippen LogP contribution in [0.4, 0.5) is 16.2 Å². The summed E-state index contributed by atoms with van der Waals surface area (Å²) in [6.07, 6.45) is 3.32. The summed E-state index contributed by atoms with van der Waals surface area (Å²) in [5, 5.41) is 11.4. The number of aromatic amines is 1. The van der Waals surface area contributed by atoms with Crippen LogP contribution >= 0.6 is 0 Å². The Hall–Kier alpha value is -4.32. The second kappa shape index (κ2) is 10.8. The van der Waals surface area contributed by atoms with E-state index in [1.54, 1.807) is 29.9 Å². The monoisotopic (exact) mass is 570 g/mol. The molecule has 0 radical (unpaired) electrons. The van der Waals surface area contributed by atoms with Crippen LogP contribution in [-0.2, 0) is 16.5 Å². The van der Waals surface area contributed by atoms with Crippen molar-refractivity contribution in [2.75, 3.05) is 55.9 Å². The summed E-state index contributed by atoms with van der Waals surface area (Å²) in [5.41, 5.74) is 4.01. The number of aromatic nitrogens is 4. The lowest BCUT2D eigenvalue weighted by molar-refractivity contribution is 0.00315. The Balaban J connectivity index is 1.41. The molecule has 2 N–H and O–H groups in total. The smallest absolute Gasteiger partial charge is 0.274 e. The second-order valence-corrected chi connectivity index (χ2v) is 10.8. The molecule has 2 aliphatic heterocycles. The summed E-state index contributed by atoms with van der Waals surface area (Å²) in [7, 11) is 1.75. The highest BCUT2D eigenvalue weighted by atomic mass is 19.1. The zero-order chi connectivity index (χ0) is 28.8. The van der Waals surface area contributed by atoms with Crippen LogP contribution in [0.25, 0.3) is 32.9 Å². The van der Waals surface area contributed by atoms with E-state index in [4.69, 9.17) is 19.4 Å². The molecule has 0 aliphatic carbocycles. The van der Waals surface area contributed by atoms with Crippen LogP contribution in [0.3, 0.4) is 0 Å². The minimum absolute atomic E-state index is 0.0798. The summed E-state index contributed by atoms with van der Waals surface area (Å²) >= 11 is 0. The van der Waals surface area contributed by atoms with Crippen molar-refractivity contribution in [3.63, 3.8) is 0 Å². The van der Waals surface area contributed by atoms with E-state index in [9.17, 15) is 14.3 Å². The van der Waals surface area contributed by atoms with Gasteiger partial charge in [-0.3, -0.25) is 4.79 Å². The molecule has 10 nitrogen and oxygen atoms in total. The van der Waals surface area contributed by atoms with Crippen molar-refractivity contribution in [1.82, 2.24) is 19.5 Å². The molecule has 0 amide bonds. The largest absolute Gasteiger partial charge is 0.394 e. The van der Waals surface area contributed by atoms with Gasteiger partial charge in [-0.05, 0) is 41.5 Å². The van der Waals surface area contributed by atoms with Crippen LogP contribution in [-0.4, -0.2) is 76.8 Å². The Morgan fingerprint density at radius 1 is 1.07 bits per heavy atom. The Labute approximate surface area is 240 Å². The summed E-state index contributed by atoms with van der Waals surface area (Å²) in [4.78, 5) is 30.2. The number of anilines is 2. The molecule has 2 saturated heterocycles. The number of aliphatic hydroxyl groups is 1. The highest BCUT2D eigenvalue weighted by Gasteiger charge is 2.30. The molecule has 0 saturated carbocycles. The maximum absolute atomic E-state index is 13.8. The van der Waals surface area contributed by atoms with Crippen molar-refractivity contribution in [3.05, 3.63) is 82.7 Å².